The summed E-state index contributed by atoms with van der Waals surface area (Å²) in [4.78, 5) is 12.5. The van der Waals surface area contributed by atoms with Gasteiger partial charge in [0.2, 0.25) is 0 Å². The highest BCUT2D eigenvalue weighted by atomic mass is 32.1. The number of anilines is 1. The van der Waals surface area contributed by atoms with Gasteiger partial charge < -0.3 is 10.1 Å². The molecule has 0 saturated heterocycles. The van der Waals surface area contributed by atoms with Crippen LogP contribution in [0.4, 0.5) is 5.69 Å². The average molecular weight is 348 g/mol. The van der Waals surface area contributed by atoms with Crippen LogP contribution in [0.3, 0.4) is 0 Å². The number of carbonyl (C=O) groups excluding carboxylic acids is 1. The van der Waals surface area contributed by atoms with Crippen LogP contribution < -0.4 is 15.4 Å². The molecule has 0 bridgehead atoms. The maximum Gasteiger partial charge on any atom is 0.267 e. The minimum atomic E-state index is -0.201. The zero-order valence-electron chi connectivity index (χ0n) is 13.0. The van der Waals surface area contributed by atoms with Crippen LogP contribution in [0.25, 0.3) is 0 Å². The van der Waals surface area contributed by atoms with Crippen molar-refractivity contribution in [3.05, 3.63) is 46.7 Å². The lowest BCUT2D eigenvalue weighted by Crippen LogP contribution is -2.33. The molecule has 1 aromatic carbocycles. The third kappa shape index (κ3) is 6.00. The van der Waals surface area contributed by atoms with E-state index < -0.39 is 0 Å². The molecule has 0 aliphatic heterocycles. The Kier molecular flexibility index (Phi) is 7.03. The molecule has 0 aliphatic carbocycles. The normalized spacial score (nSPS) is 10.1. The van der Waals surface area contributed by atoms with Gasteiger partial charge in [-0.1, -0.05) is 25.8 Å². The number of benzene rings is 1. The number of amides is 1. The van der Waals surface area contributed by atoms with Crippen molar-refractivity contribution in [2.75, 3.05) is 11.9 Å². The SMILES string of the molecule is CCCCCOc1ccc(NC(=S)NC(=O)c2cccs2)cc1. The van der Waals surface area contributed by atoms with E-state index in [1.165, 1.54) is 24.2 Å². The third-order valence-corrected chi connectivity index (χ3v) is 4.17. The number of ether oxygens (including phenoxy) is 1. The van der Waals surface area contributed by atoms with Crippen LogP contribution in [0.1, 0.15) is 35.9 Å². The van der Waals surface area contributed by atoms with Gasteiger partial charge in [-0.3, -0.25) is 10.1 Å². The van der Waals surface area contributed by atoms with E-state index in [2.05, 4.69) is 17.6 Å². The number of hydrogen-bond donors (Lipinski definition) is 2. The van der Waals surface area contributed by atoms with Crippen molar-refractivity contribution in [2.45, 2.75) is 26.2 Å². The summed E-state index contributed by atoms with van der Waals surface area (Å²) in [5.74, 6) is 0.633. The Morgan fingerprint density at radius 2 is 2.00 bits per heavy atom. The van der Waals surface area contributed by atoms with Gasteiger partial charge in [-0.25, -0.2) is 0 Å². The topological polar surface area (TPSA) is 50.4 Å². The molecule has 2 aromatic rings. The second-order valence-electron chi connectivity index (χ2n) is 4.97. The summed E-state index contributed by atoms with van der Waals surface area (Å²) in [5.41, 5.74) is 0.808. The number of thiocarbonyl (C=S) groups is 1. The van der Waals surface area contributed by atoms with Crippen LogP contribution in [0.15, 0.2) is 41.8 Å². The standard InChI is InChI=1S/C17H20N2O2S2/c1-2-3-4-11-21-14-9-7-13(8-10-14)18-17(22)19-16(20)15-6-5-12-23-15/h5-10,12H,2-4,11H2,1H3,(H2,18,19,20,22). The average Bonchev–Trinajstić information content (AvgIpc) is 3.07. The largest absolute Gasteiger partial charge is 0.494 e. The lowest BCUT2D eigenvalue weighted by Gasteiger charge is -2.10. The van der Waals surface area contributed by atoms with Gasteiger partial charge in [0.25, 0.3) is 5.91 Å². The van der Waals surface area contributed by atoms with E-state index in [0.717, 1.165) is 24.5 Å². The molecular weight excluding hydrogens is 328 g/mol. The first-order chi connectivity index (χ1) is 11.2. The molecule has 2 N–H and O–H groups in total. The molecule has 122 valence electrons. The Morgan fingerprint density at radius 1 is 1.22 bits per heavy atom. The Morgan fingerprint density at radius 3 is 2.65 bits per heavy atom. The zero-order chi connectivity index (χ0) is 16.5. The first-order valence-electron chi connectivity index (χ1n) is 7.57. The molecule has 1 aromatic heterocycles. The molecule has 0 spiro atoms. The molecule has 4 nitrogen and oxygen atoms in total. The fourth-order valence-corrected chi connectivity index (χ4v) is 2.74. The first kappa shape index (κ1) is 17.4. The number of thiophene rings is 1. The van der Waals surface area contributed by atoms with E-state index in [9.17, 15) is 4.79 Å². The maximum atomic E-state index is 11.9. The van der Waals surface area contributed by atoms with Crippen molar-refractivity contribution in [2.24, 2.45) is 0 Å². The fourth-order valence-electron chi connectivity index (χ4n) is 1.91. The van der Waals surface area contributed by atoms with E-state index in [1.807, 2.05) is 35.7 Å². The lowest BCUT2D eigenvalue weighted by atomic mass is 10.2. The summed E-state index contributed by atoms with van der Waals surface area (Å²) >= 11 is 6.52. The molecule has 0 saturated carbocycles. The van der Waals surface area contributed by atoms with E-state index in [1.54, 1.807) is 6.07 Å². The molecule has 0 fully saturated rings. The highest BCUT2D eigenvalue weighted by molar-refractivity contribution is 7.80. The van der Waals surface area contributed by atoms with Crippen molar-refractivity contribution in [3.63, 3.8) is 0 Å². The van der Waals surface area contributed by atoms with Gasteiger partial charge in [-0.05, 0) is 54.4 Å². The number of nitrogens with one attached hydrogen (secondary N) is 2. The summed E-state index contributed by atoms with van der Waals surface area (Å²) in [6, 6.07) is 11.1. The van der Waals surface area contributed by atoms with Crippen LogP contribution in [0.5, 0.6) is 5.75 Å². The van der Waals surface area contributed by atoms with Gasteiger partial charge >= 0.3 is 0 Å². The van der Waals surface area contributed by atoms with Crippen LogP contribution in [0, 0.1) is 0 Å². The molecular formula is C17H20N2O2S2. The summed E-state index contributed by atoms with van der Waals surface area (Å²) in [5, 5.41) is 7.77. The highest BCUT2D eigenvalue weighted by Gasteiger charge is 2.08. The molecule has 1 heterocycles. The van der Waals surface area contributed by atoms with Crippen molar-refractivity contribution in [3.8, 4) is 5.75 Å². The van der Waals surface area contributed by atoms with Crippen molar-refractivity contribution < 1.29 is 9.53 Å². The number of rotatable bonds is 7. The predicted molar refractivity (Wildman–Crippen MR) is 99.5 cm³/mol. The molecule has 1 amide bonds. The predicted octanol–water partition coefficient (Wildman–Crippen LogP) is 4.44. The summed E-state index contributed by atoms with van der Waals surface area (Å²) in [7, 11) is 0. The van der Waals surface area contributed by atoms with Gasteiger partial charge in [0.1, 0.15) is 5.75 Å². The summed E-state index contributed by atoms with van der Waals surface area (Å²) in [6.07, 6.45) is 3.42. The van der Waals surface area contributed by atoms with Crippen molar-refractivity contribution in [1.29, 1.82) is 0 Å². The quantitative estimate of drug-likeness (QED) is 0.573. The molecule has 0 aliphatic rings. The Balaban J connectivity index is 1.78. The number of unbranched alkanes of at least 4 members (excludes halogenated alkanes) is 2. The molecule has 0 unspecified atom stereocenters. The second kappa shape index (κ2) is 9.27. The van der Waals surface area contributed by atoms with Crippen molar-refractivity contribution in [1.82, 2.24) is 5.32 Å². The molecule has 0 atom stereocenters. The van der Waals surface area contributed by atoms with E-state index in [4.69, 9.17) is 17.0 Å². The van der Waals surface area contributed by atoms with Crippen LogP contribution in [-0.2, 0) is 0 Å². The third-order valence-electron chi connectivity index (χ3n) is 3.10. The van der Waals surface area contributed by atoms with E-state index in [0.29, 0.717) is 4.88 Å². The van der Waals surface area contributed by atoms with Gasteiger partial charge in [0.15, 0.2) is 5.11 Å². The monoisotopic (exact) mass is 348 g/mol. The van der Waals surface area contributed by atoms with E-state index >= 15 is 0 Å². The minimum Gasteiger partial charge on any atom is -0.494 e. The maximum absolute atomic E-state index is 11.9. The first-order valence-corrected chi connectivity index (χ1v) is 8.86. The summed E-state index contributed by atoms with van der Waals surface area (Å²) in [6.45, 7) is 2.90. The fraction of sp³-hybridized carbons (Fsp3) is 0.294. The molecule has 23 heavy (non-hydrogen) atoms. The molecule has 2 rings (SSSR count). The van der Waals surface area contributed by atoms with Crippen LogP contribution in [-0.4, -0.2) is 17.6 Å². The van der Waals surface area contributed by atoms with Gasteiger partial charge in [0, 0.05) is 5.69 Å². The zero-order valence-corrected chi connectivity index (χ0v) is 14.6. The highest BCUT2D eigenvalue weighted by Crippen LogP contribution is 2.16. The number of carbonyl (C=O) groups is 1. The smallest absolute Gasteiger partial charge is 0.267 e. The van der Waals surface area contributed by atoms with Crippen molar-refractivity contribution >= 4 is 40.3 Å². The Hall–Kier alpha value is -1.92. The van der Waals surface area contributed by atoms with Gasteiger partial charge in [0.05, 0.1) is 11.5 Å². The minimum absolute atomic E-state index is 0.201. The Labute approximate surface area is 145 Å². The molecule has 6 heteroatoms. The lowest BCUT2D eigenvalue weighted by molar-refractivity contribution is 0.0981. The second-order valence-corrected chi connectivity index (χ2v) is 6.32. The van der Waals surface area contributed by atoms with Gasteiger partial charge in [-0.2, -0.15) is 0 Å². The summed E-state index contributed by atoms with van der Waals surface area (Å²) < 4.78 is 5.65. The van der Waals surface area contributed by atoms with Crippen LogP contribution in [0.2, 0.25) is 0 Å². The van der Waals surface area contributed by atoms with Gasteiger partial charge in [-0.15, -0.1) is 11.3 Å². The van der Waals surface area contributed by atoms with E-state index in [-0.39, 0.29) is 11.0 Å². The number of hydrogen-bond acceptors (Lipinski definition) is 4. The molecule has 0 radical (unpaired) electrons. The Bertz CT molecular complexity index is 625. The van der Waals surface area contributed by atoms with Crippen LogP contribution >= 0.6 is 23.6 Å².